The van der Waals surface area contributed by atoms with Crippen LogP contribution in [0.25, 0.3) is 16.6 Å². The highest BCUT2D eigenvalue weighted by Crippen LogP contribution is 2.21. The molecule has 0 saturated heterocycles. The molecule has 6 nitrogen and oxygen atoms in total. The lowest BCUT2D eigenvalue weighted by molar-refractivity contribution is 0.584. The maximum absolute atomic E-state index is 12.8. The Morgan fingerprint density at radius 2 is 1.85 bits per heavy atom. The Hall–Kier alpha value is -2.93. The lowest BCUT2D eigenvalue weighted by Crippen LogP contribution is -2.23. The average Bonchev–Trinajstić information content (AvgIpc) is 2.69. The predicted molar refractivity (Wildman–Crippen MR) is 107 cm³/mol. The molecule has 4 rings (SSSR count). The van der Waals surface area contributed by atoms with Gasteiger partial charge in [0, 0.05) is 24.6 Å². The topological polar surface area (TPSA) is 69.3 Å². The summed E-state index contributed by atoms with van der Waals surface area (Å²) in [5.41, 5.74) is 1.81. The first kappa shape index (κ1) is 17.5. The SMILES string of the molecule is CCCn1c(SCc2cc(=O)n3ccccc3n2)nc2ccccc2c1=O. The molecule has 3 heterocycles. The fourth-order valence-corrected chi connectivity index (χ4v) is 3.91. The van der Waals surface area contributed by atoms with Crippen LogP contribution in [-0.4, -0.2) is 18.9 Å². The molecule has 0 radical (unpaired) electrons. The van der Waals surface area contributed by atoms with E-state index in [4.69, 9.17) is 0 Å². The second-order valence-electron chi connectivity index (χ2n) is 6.17. The van der Waals surface area contributed by atoms with Gasteiger partial charge in [0.05, 0.1) is 16.6 Å². The summed E-state index contributed by atoms with van der Waals surface area (Å²) in [6, 6.07) is 14.4. The summed E-state index contributed by atoms with van der Waals surface area (Å²) in [5, 5.41) is 1.27. The molecule has 0 atom stereocenters. The van der Waals surface area contributed by atoms with E-state index in [9.17, 15) is 9.59 Å². The number of pyridine rings is 1. The minimum absolute atomic E-state index is 0.0310. The van der Waals surface area contributed by atoms with E-state index in [0.717, 1.165) is 6.42 Å². The maximum Gasteiger partial charge on any atom is 0.262 e. The van der Waals surface area contributed by atoms with E-state index in [1.165, 1.54) is 22.2 Å². The summed E-state index contributed by atoms with van der Waals surface area (Å²) < 4.78 is 3.22. The molecule has 0 unspecified atom stereocenters. The minimum Gasteiger partial charge on any atom is -0.287 e. The molecule has 1 aromatic carbocycles. The molecule has 0 aliphatic rings. The normalized spacial score (nSPS) is 11.3. The van der Waals surface area contributed by atoms with Crippen LogP contribution in [-0.2, 0) is 12.3 Å². The third-order valence-electron chi connectivity index (χ3n) is 4.25. The number of fused-ring (bicyclic) bond motifs is 2. The molecule has 4 aromatic rings. The zero-order chi connectivity index (χ0) is 18.8. The fourth-order valence-electron chi connectivity index (χ4n) is 2.99. The minimum atomic E-state index is -0.117. The lowest BCUT2D eigenvalue weighted by atomic mass is 10.2. The summed E-state index contributed by atoms with van der Waals surface area (Å²) in [6.07, 6.45) is 2.54. The van der Waals surface area contributed by atoms with Crippen molar-refractivity contribution >= 4 is 28.3 Å². The Labute approximate surface area is 159 Å². The van der Waals surface area contributed by atoms with Crippen LogP contribution in [0.4, 0.5) is 0 Å². The van der Waals surface area contributed by atoms with Crippen LogP contribution in [0.3, 0.4) is 0 Å². The first-order valence-electron chi connectivity index (χ1n) is 8.77. The van der Waals surface area contributed by atoms with E-state index >= 15 is 0 Å². The summed E-state index contributed by atoms with van der Waals surface area (Å²) in [7, 11) is 0. The van der Waals surface area contributed by atoms with Gasteiger partial charge in [-0.2, -0.15) is 0 Å². The molecule has 0 bridgehead atoms. The van der Waals surface area contributed by atoms with Crippen molar-refractivity contribution in [1.29, 1.82) is 0 Å². The van der Waals surface area contributed by atoms with Crippen LogP contribution in [0.1, 0.15) is 19.0 Å². The van der Waals surface area contributed by atoms with Gasteiger partial charge in [-0.05, 0) is 30.7 Å². The van der Waals surface area contributed by atoms with Gasteiger partial charge in [-0.1, -0.05) is 36.9 Å². The molecule has 27 heavy (non-hydrogen) atoms. The molecule has 0 spiro atoms. The van der Waals surface area contributed by atoms with Crippen LogP contribution < -0.4 is 11.1 Å². The van der Waals surface area contributed by atoms with E-state index in [1.54, 1.807) is 29.0 Å². The molecular formula is C20H18N4O2S. The molecule has 0 aliphatic heterocycles. The number of hydrogen-bond acceptors (Lipinski definition) is 5. The van der Waals surface area contributed by atoms with Gasteiger partial charge in [-0.3, -0.25) is 18.6 Å². The molecule has 0 fully saturated rings. The van der Waals surface area contributed by atoms with Crippen molar-refractivity contribution in [2.45, 2.75) is 30.8 Å². The second-order valence-corrected chi connectivity index (χ2v) is 7.11. The molecule has 136 valence electrons. The van der Waals surface area contributed by atoms with Crippen molar-refractivity contribution in [3.63, 3.8) is 0 Å². The van der Waals surface area contributed by atoms with Crippen LogP contribution in [0.2, 0.25) is 0 Å². The Morgan fingerprint density at radius 3 is 2.70 bits per heavy atom. The third-order valence-corrected chi connectivity index (χ3v) is 5.26. The van der Waals surface area contributed by atoms with E-state index < -0.39 is 0 Å². The van der Waals surface area contributed by atoms with Crippen molar-refractivity contribution in [3.05, 3.63) is 81.1 Å². The maximum atomic E-state index is 12.8. The molecule has 0 amide bonds. The Balaban J connectivity index is 1.72. The molecule has 0 N–H and O–H groups in total. The van der Waals surface area contributed by atoms with Crippen LogP contribution in [0.5, 0.6) is 0 Å². The standard InChI is InChI=1S/C20H18N4O2S/c1-2-10-24-19(26)15-7-3-4-8-16(15)22-20(24)27-13-14-12-18(25)23-11-6-5-9-17(23)21-14/h3-9,11-12H,2,10,13H2,1H3. The number of rotatable bonds is 5. The van der Waals surface area contributed by atoms with Crippen LogP contribution in [0, 0.1) is 0 Å². The summed E-state index contributed by atoms with van der Waals surface area (Å²) in [4.78, 5) is 34.3. The van der Waals surface area contributed by atoms with Gasteiger partial charge in [0.25, 0.3) is 11.1 Å². The molecular weight excluding hydrogens is 360 g/mol. The number of benzene rings is 1. The quantitative estimate of drug-likeness (QED) is 0.394. The zero-order valence-corrected chi connectivity index (χ0v) is 15.6. The lowest BCUT2D eigenvalue weighted by Gasteiger charge is -2.12. The Kier molecular flexibility index (Phi) is 4.77. The van der Waals surface area contributed by atoms with Gasteiger partial charge < -0.3 is 0 Å². The largest absolute Gasteiger partial charge is 0.287 e. The van der Waals surface area contributed by atoms with Crippen LogP contribution >= 0.6 is 11.8 Å². The fraction of sp³-hybridized carbons (Fsp3) is 0.200. The van der Waals surface area contributed by atoms with Gasteiger partial charge in [-0.25, -0.2) is 9.97 Å². The van der Waals surface area contributed by atoms with Gasteiger partial charge in [0.1, 0.15) is 5.65 Å². The van der Waals surface area contributed by atoms with Crippen molar-refractivity contribution in [2.24, 2.45) is 0 Å². The molecule has 7 heteroatoms. The van der Waals surface area contributed by atoms with E-state index in [-0.39, 0.29) is 11.1 Å². The van der Waals surface area contributed by atoms with Gasteiger partial charge in [0.2, 0.25) is 0 Å². The van der Waals surface area contributed by atoms with Gasteiger partial charge >= 0.3 is 0 Å². The van der Waals surface area contributed by atoms with Crippen molar-refractivity contribution < 1.29 is 0 Å². The van der Waals surface area contributed by atoms with Gasteiger partial charge in [0.15, 0.2) is 5.16 Å². The number of aromatic nitrogens is 4. The van der Waals surface area contributed by atoms with E-state index in [0.29, 0.717) is 39.7 Å². The van der Waals surface area contributed by atoms with E-state index in [2.05, 4.69) is 9.97 Å². The first-order valence-corrected chi connectivity index (χ1v) is 9.75. The molecule has 3 aromatic heterocycles. The number of nitrogens with zero attached hydrogens (tertiary/aromatic N) is 4. The summed E-state index contributed by atoms with van der Waals surface area (Å²) in [5.74, 6) is 0.467. The summed E-state index contributed by atoms with van der Waals surface area (Å²) in [6.45, 7) is 2.63. The number of para-hydroxylation sites is 1. The van der Waals surface area contributed by atoms with E-state index in [1.807, 2.05) is 31.2 Å². The van der Waals surface area contributed by atoms with Crippen molar-refractivity contribution in [2.75, 3.05) is 0 Å². The second kappa shape index (κ2) is 7.36. The Bertz CT molecular complexity index is 1250. The summed E-state index contributed by atoms with van der Waals surface area (Å²) >= 11 is 1.43. The number of thioether (sulfide) groups is 1. The smallest absolute Gasteiger partial charge is 0.262 e. The molecule has 0 aliphatic carbocycles. The van der Waals surface area contributed by atoms with Crippen molar-refractivity contribution in [1.82, 2.24) is 18.9 Å². The highest BCUT2D eigenvalue weighted by Gasteiger charge is 2.12. The average molecular weight is 378 g/mol. The Morgan fingerprint density at radius 1 is 1.04 bits per heavy atom. The third kappa shape index (κ3) is 3.38. The van der Waals surface area contributed by atoms with Gasteiger partial charge in [-0.15, -0.1) is 0 Å². The number of hydrogen-bond donors (Lipinski definition) is 0. The van der Waals surface area contributed by atoms with Crippen LogP contribution in [0.15, 0.2) is 69.5 Å². The highest BCUT2D eigenvalue weighted by atomic mass is 32.2. The molecule has 0 saturated carbocycles. The highest BCUT2D eigenvalue weighted by molar-refractivity contribution is 7.98. The zero-order valence-electron chi connectivity index (χ0n) is 14.8. The monoisotopic (exact) mass is 378 g/mol. The first-order chi connectivity index (χ1) is 13.2. The predicted octanol–water partition coefficient (Wildman–Crippen LogP) is 3.11. The van der Waals surface area contributed by atoms with Crippen molar-refractivity contribution in [3.8, 4) is 0 Å².